The lowest BCUT2D eigenvalue weighted by molar-refractivity contribution is -0.390. The van der Waals surface area contributed by atoms with Crippen molar-refractivity contribution in [3.05, 3.63) is 51.5 Å². The van der Waals surface area contributed by atoms with Crippen molar-refractivity contribution in [2.75, 3.05) is 0 Å². The first-order valence-corrected chi connectivity index (χ1v) is 7.20. The van der Waals surface area contributed by atoms with Crippen LogP contribution in [-0.4, -0.2) is 22.3 Å². The molecule has 0 N–H and O–H groups in total. The molecule has 0 aliphatic carbocycles. The lowest BCUT2D eigenvalue weighted by Crippen LogP contribution is -2.17. The van der Waals surface area contributed by atoms with Gasteiger partial charge in [0.2, 0.25) is 5.82 Å². The zero-order valence-corrected chi connectivity index (χ0v) is 12.0. The van der Waals surface area contributed by atoms with Crippen LogP contribution in [0.1, 0.15) is 17.0 Å². The summed E-state index contributed by atoms with van der Waals surface area (Å²) in [4.78, 5) is 13.9. The quantitative estimate of drug-likeness (QED) is 0.637. The second kappa shape index (κ2) is 4.71. The van der Waals surface area contributed by atoms with Gasteiger partial charge in [0.1, 0.15) is 11.1 Å². The molecule has 2 aromatic rings. The fourth-order valence-corrected chi connectivity index (χ4v) is 3.68. The summed E-state index contributed by atoms with van der Waals surface area (Å²) in [6, 6.07) is 4.81. The Balaban J connectivity index is 2.73. The molecule has 20 heavy (non-hydrogen) atoms. The van der Waals surface area contributed by atoms with Gasteiger partial charge in [-0.25, -0.2) is 4.98 Å². The van der Waals surface area contributed by atoms with Crippen molar-refractivity contribution in [3.63, 3.8) is 0 Å². The van der Waals surface area contributed by atoms with E-state index in [1.165, 1.54) is 13.0 Å². The van der Waals surface area contributed by atoms with Crippen LogP contribution in [-0.2, 0) is 10.0 Å². The van der Waals surface area contributed by atoms with E-state index in [-0.39, 0.29) is 10.7 Å². The molecule has 0 aliphatic heterocycles. The number of aromatic nitrogens is 2. The molecule has 0 amide bonds. The zero-order chi connectivity index (χ0) is 15.1. The van der Waals surface area contributed by atoms with Crippen molar-refractivity contribution in [3.8, 4) is 0 Å². The molecule has 2 rings (SSSR count). The van der Waals surface area contributed by atoms with Crippen molar-refractivity contribution in [2.24, 2.45) is 0 Å². The smallest absolute Gasteiger partial charge is 0.358 e. The van der Waals surface area contributed by atoms with E-state index in [0.717, 1.165) is 11.8 Å². The summed E-state index contributed by atoms with van der Waals surface area (Å²) in [5.74, 6) is -0.515. The number of imidazole rings is 1. The first-order chi connectivity index (χ1) is 9.25. The molecular weight excluding hydrogens is 282 g/mol. The van der Waals surface area contributed by atoms with Crippen molar-refractivity contribution in [1.29, 1.82) is 0 Å². The molecular formula is C12H13N3O4S. The van der Waals surface area contributed by atoms with E-state index < -0.39 is 20.8 Å². The second-order valence-electron chi connectivity index (χ2n) is 4.46. The largest absolute Gasteiger partial charge is 0.358 e. The Morgan fingerprint density at radius 2 is 1.90 bits per heavy atom. The molecule has 8 heteroatoms. The van der Waals surface area contributed by atoms with Gasteiger partial charge in [-0.3, -0.25) is 0 Å². The molecule has 106 valence electrons. The predicted molar refractivity (Wildman–Crippen MR) is 72.1 cm³/mol. The van der Waals surface area contributed by atoms with E-state index in [2.05, 4.69) is 4.98 Å². The van der Waals surface area contributed by atoms with Crippen LogP contribution in [0.2, 0.25) is 0 Å². The maximum atomic E-state index is 12.6. The molecule has 0 aliphatic rings. The molecule has 0 bridgehead atoms. The Hall–Kier alpha value is -2.22. The molecule has 0 saturated carbocycles. The zero-order valence-electron chi connectivity index (χ0n) is 11.2. The van der Waals surface area contributed by atoms with Gasteiger partial charge in [-0.05, 0) is 30.4 Å². The minimum atomic E-state index is -4.04. The lowest BCUT2D eigenvalue weighted by atomic mass is 10.2. The van der Waals surface area contributed by atoms with E-state index in [4.69, 9.17) is 0 Å². The number of hydrogen-bond donors (Lipinski definition) is 0. The monoisotopic (exact) mass is 295 g/mol. The van der Waals surface area contributed by atoms with Crippen molar-refractivity contribution < 1.29 is 13.3 Å². The standard InChI is InChI=1S/C12H13N3O4S/c1-8-4-5-11(9(2)6-8)20(18,19)14-10(3)13-7-12(14)15(16)17/h4-7H,1-3H3. The summed E-state index contributed by atoms with van der Waals surface area (Å²) < 4.78 is 25.8. The number of nitro groups is 1. The number of aryl methyl sites for hydroxylation is 3. The van der Waals surface area contributed by atoms with Gasteiger partial charge in [-0.15, -0.1) is 0 Å². The first kappa shape index (κ1) is 14.2. The molecule has 0 saturated heterocycles. The van der Waals surface area contributed by atoms with Crippen LogP contribution in [0.3, 0.4) is 0 Å². The summed E-state index contributed by atoms with van der Waals surface area (Å²) in [7, 11) is -4.04. The van der Waals surface area contributed by atoms with Crippen LogP contribution in [0.15, 0.2) is 29.3 Å². The van der Waals surface area contributed by atoms with Crippen molar-refractivity contribution >= 4 is 15.8 Å². The van der Waals surface area contributed by atoms with E-state index >= 15 is 0 Å². The van der Waals surface area contributed by atoms with Crippen molar-refractivity contribution in [2.45, 2.75) is 25.7 Å². The average Bonchev–Trinajstić information content (AvgIpc) is 2.71. The van der Waals surface area contributed by atoms with E-state index in [0.29, 0.717) is 9.54 Å². The van der Waals surface area contributed by atoms with Crippen LogP contribution in [0, 0.1) is 30.9 Å². The van der Waals surface area contributed by atoms with Crippen LogP contribution in [0.4, 0.5) is 5.82 Å². The third-order valence-electron chi connectivity index (χ3n) is 2.90. The first-order valence-electron chi connectivity index (χ1n) is 5.76. The molecule has 0 spiro atoms. The average molecular weight is 295 g/mol. The van der Waals surface area contributed by atoms with Crippen LogP contribution < -0.4 is 0 Å². The van der Waals surface area contributed by atoms with Gasteiger partial charge in [0.25, 0.3) is 0 Å². The summed E-state index contributed by atoms with van der Waals surface area (Å²) in [5.41, 5.74) is 1.45. The highest BCUT2D eigenvalue weighted by Gasteiger charge is 2.32. The third-order valence-corrected chi connectivity index (χ3v) is 4.85. The van der Waals surface area contributed by atoms with Gasteiger partial charge >= 0.3 is 15.8 Å². The molecule has 0 radical (unpaired) electrons. The Morgan fingerprint density at radius 3 is 2.45 bits per heavy atom. The van der Waals surface area contributed by atoms with Gasteiger partial charge in [0, 0.05) is 6.92 Å². The second-order valence-corrected chi connectivity index (χ2v) is 6.21. The SMILES string of the molecule is Cc1ccc(S(=O)(=O)n2c([N+](=O)[O-])cnc2C)c(C)c1. The number of rotatable bonds is 3. The van der Waals surface area contributed by atoms with Gasteiger partial charge in [0.15, 0.2) is 0 Å². The topological polar surface area (TPSA) is 95.1 Å². The minimum absolute atomic E-state index is 0.0345. The van der Waals surface area contributed by atoms with Gasteiger partial charge in [-0.2, -0.15) is 8.42 Å². The summed E-state index contributed by atoms with van der Waals surface area (Å²) in [6.07, 6.45) is 0.941. The maximum Gasteiger partial charge on any atom is 0.358 e. The normalized spacial score (nSPS) is 11.6. The Kier molecular flexibility index (Phi) is 3.34. The number of nitrogens with zero attached hydrogens (tertiary/aromatic N) is 3. The highest BCUT2D eigenvalue weighted by molar-refractivity contribution is 7.90. The van der Waals surface area contributed by atoms with E-state index in [1.54, 1.807) is 19.1 Å². The minimum Gasteiger partial charge on any atom is -0.358 e. The summed E-state index contributed by atoms with van der Waals surface area (Å²) in [6.45, 7) is 4.90. The maximum absolute atomic E-state index is 12.6. The van der Waals surface area contributed by atoms with Gasteiger partial charge in [-0.1, -0.05) is 21.7 Å². The molecule has 1 aromatic carbocycles. The highest BCUT2D eigenvalue weighted by atomic mass is 32.2. The van der Waals surface area contributed by atoms with E-state index in [9.17, 15) is 18.5 Å². The summed E-state index contributed by atoms with van der Waals surface area (Å²) in [5, 5.41) is 10.9. The van der Waals surface area contributed by atoms with Crippen molar-refractivity contribution in [1.82, 2.24) is 8.96 Å². The Bertz CT molecular complexity index is 793. The predicted octanol–water partition coefficient (Wildman–Crippen LogP) is 1.95. The molecule has 1 heterocycles. The third kappa shape index (κ3) is 2.18. The number of benzene rings is 1. The van der Waals surface area contributed by atoms with Gasteiger partial charge < -0.3 is 10.1 Å². The molecule has 7 nitrogen and oxygen atoms in total. The molecule has 0 fully saturated rings. The highest BCUT2D eigenvalue weighted by Crippen LogP contribution is 2.25. The number of hydrogen-bond acceptors (Lipinski definition) is 5. The Labute approximate surface area is 116 Å². The van der Waals surface area contributed by atoms with Crippen LogP contribution in [0.25, 0.3) is 0 Å². The van der Waals surface area contributed by atoms with Crippen LogP contribution >= 0.6 is 0 Å². The molecule has 1 aromatic heterocycles. The molecule has 0 atom stereocenters. The van der Waals surface area contributed by atoms with Gasteiger partial charge in [0.05, 0.1) is 0 Å². The fourth-order valence-electron chi connectivity index (χ4n) is 2.03. The van der Waals surface area contributed by atoms with Crippen LogP contribution in [0.5, 0.6) is 0 Å². The molecule has 0 unspecified atom stereocenters. The Morgan fingerprint density at radius 1 is 1.25 bits per heavy atom. The lowest BCUT2D eigenvalue weighted by Gasteiger charge is -2.07. The summed E-state index contributed by atoms with van der Waals surface area (Å²) >= 11 is 0. The fraction of sp³-hybridized carbons (Fsp3) is 0.250. The van der Waals surface area contributed by atoms with E-state index in [1.807, 2.05) is 6.92 Å².